The molecule has 1 aliphatic carbocycles. The zero-order valence-electron chi connectivity index (χ0n) is 11.4. The van der Waals surface area contributed by atoms with Gasteiger partial charge in [-0.15, -0.1) is 0 Å². The Morgan fingerprint density at radius 3 is 2.90 bits per heavy atom. The van der Waals surface area contributed by atoms with Gasteiger partial charge in [0.1, 0.15) is 0 Å². The molecule has 0 saturated heterocycles. The average Bonchev–Trinajstić information content (AvgIpc) is 3.09. The summed E-state index contributed by atoms with van der Waals surface area (Å²) < 4.78 is 3.07. The molecule has 0 aromatic carbocycles. The Hall–Kier alpha value is -1.20. The molecule has 1 aliphatic rings. The third kappa shape index (κ3) is 2.94. The molecule has 0 bridgehead atoms. The van der Waals surface area contributed by atoms with Crippen LogP contribution < -0.4 is 5.73 Å². The number of hydrogen-bond acceptors (Lipinski definition) is 3. The lowest BCUT2D eigenvalue weighted by Gasteiger charge is -2.12. The Morgan fingerprint density at radius 2 is 2.15 bits per heavy atom. The van der Waals surface area contributed by atoms with Gasteiger partial charge >= 0.3 is 0 Å². The summed E-state index contributed by atoms with van der Waals surface area (Å²) in [4.78, 5) is 4.35. The van der Waals surface area contributed by atoms with E-state index in [2.05, 4.69) is 43.0 Å². The molecule has 1 unspecified atom stereocenters. The van der Waals surface area contributed by atoms with Crippen molar-refractivity contribution in [2.24, 2.45) is 5.73 Å². The van der Waals surface area contributed by atoms with Crippen molar-refractivity contribution in [2.75, 3.05) is 0 Å². The molecule has 1 saturated carbocycles. The number of hydrogen-bond donors (Lipinski definition) is 1. The van der Waals surface area contributed by atoms with E-state index in [1.165, 1.54) is 25.7 Å². The van der Waals surface area contributed by atoms with Gasteiger partial charge in [-0.3, -0.25) is 9.67 Å². The molecule has 5 heteroatoms. The van der Waals surface area contributed by atoms with Crippen LogP contribution in [0.4, 0.5) is 0 Å². The number of rotatable bonds is 4. The van der Waals surface area contributed by atoms with Gasteiger partial charge in [0.25, 0.3) is 0 Å². The van der Waals surface area contributed by atoms with E-state index >= 15 is 0 Å². The summed E-state index contributed by atoms with van der Waals surface area (Å²) in [6.45, 7) is 0. The maximum atomic E-state index is 6.25. The minimum absolute atomic E-state index is 0.127. The molecule has 2 heterocycles. The first-order chi connectivity index (χ1) is 9.74. The normalized spacial score (nSPS) is 17.5. The monoisotopic (exact) mass is 334 g/mol. The Kier molecular flexibility index (Phi) is 4.17. The summed E-state index contributed by atoms with van der Waals surface area (Å²) in [6.07, 6.45) is 9.72. The first-order valence-corrected chi connectivity index (χ1v) is 7.93. The summed E-state index contributed by atoms with van der Waals surface area (Å²) in [5, 5.41) is 4.68. The standard InChI is InChI=1S/C15H19BrN4/c16-13-6-3-8-18-15(13)14(17)10-11-7-9-20(19-11)12-4-1-2-5-12/h3,6-9,12,14H,1-2,4-5,10,17H2. The van der Waals surface area contributed by atoms with Gasteiger partial charge in [0, 0.05) is 23.3 Å². The first-order valence-electron chi connectivity index (χ1n) is 7.14. The number of nitrogens with two attached hydrogens (primary N) is 1. The highest BCUT2D eigenvalue weighted by Gasteiger charge is 2.19. The van der Waals surface area contributed by atoms with E-state index in [0.29, 0.717) is 6.04 Å². The molecule has 0 amide bonds. The maximum Gasteiger partial charge on any atom is 0.0716 e. The third-order valence-corrected chi connectivity index (χ3v) is 4.60. The van der Waals surface area contributed by atoms with Crippen molar-refractivity contribution in [1.82, 2.24) is 14.8 Å². The van der Waals surface area contributed by atoms with Crippen molar-refractivity contribution in [1.29, 1.82) is 0 Å². The molecule has 1 atom stereocenters. The molecule has 2 N–H and O–H groups in total. The lowest BCUT2D eigenvalue weighted by Crippen LogP contribution is -2.16. The molecular formula is C15H19BrN4. The molecule has 0 aliphatic heterocycles. The second kappa shape index (κ2) is 6.06. The van der Waals surface area contributed by atoms with Crippen LogP contribution in [0.15, 0.2) is 35.1 Å². The van der Waals surface area contributed by atoms with Gasteiger partial charge in [-0.2, -0.15) is 5.10 Å². The van der Waals surface area contributed by atoms with E-state index in [0.717, 1.165) is 22.3 Å². The third-order valence-electron chi connectivity index (χ3n) is 3.93. The molecule has 20 heavy (non-hydrogen) atoms. The fourth-order valence-corrected chi connectivity index (χ4v) is 3.40. The van der Waals surface area contributed by atoms with Crippen molar-refractivity contribution >= 4 is 15.9 Å². The highest BCUT2D eigenvalue weighted by Crippen LogP contribution is 2.29. The van der Waals surface area contributed by atoms with Gasteiger partial charge < -0.3 is 5.73 Å². The zero-order valence-corrected chi connectivity index (χ0v) is 13.0. The fourth-order valence-electron chi connectivity index (χ4n) is 2.85. The van der Waals surface area contributed by atoms with Crippen LogP contribution in [0.25, 0.3) is 0 Å². The summed E-state index contributed by atoms with van der Waals surface area (Å²) >= 11 is 3.50. The molecular weight excluding hydrogens is 316 g/mol. The van der Waals surface area contributed by atoms with E-state index in [4.69, 9.17) is 5.73 Å². The number of nitrogens with zero attached hydrogens (tertiary/aromatic N) is 3. The Bertz CT molecular complexity index is 575. The van der Waals surface area contributed by atoms with Crippen molar-refractivity contribution in [3.8, 4) is 0 Å². The fraction of sp³-hybridized carbons (Fsp3) is 0.467. The Labute approximate surface area is 127 Å². The Morgan fingerprint density at radius 1 is 1.35 bits per heavy atom. The molecule has 2 aromatic heterocycles. The molecule has 0 radical (unpaired) electrons. The second-order valence-corrected chi connectivity index (χ2v) is 6.26. The molecule has 4 nitrogen and oxygen atoms in total. The number of pyridine rings is 1. The number of halogens is 1. The minimum atomic E-state index is -0.127. The molecule has 1 fully saturated rings. The predicted molar refractivity (Wildman–Crippen MR) is 82.3 cm³/mol. The van der Waals surface area contributed by atoms with Crippen LogP contribution >= 0.6 is 15.9 Å². The van der Waals surface area contributed by atoms with Gasteiger partial charge in [0.05, 0.1) is 23.5 Å². The van der Waals surface area contributed by atoms with Crippen molar-refractivity contribution < 1.29 is 0 Å². The van der Waals surface area contributed by atoms with Crippen LogP contribution in [-0.4, -0.2) is 14.8 Å². The van der Waals surface area contributed by atoms with E-state index < -0.39 is 0 Å². The smallest absolute Gasteiger partial charge is 0.0716 e. The van der Waals surface area contributed by atoms with E-state index in [1.807, 2.05) is 12.1 Å². The largest absolute Gasteiger partial charge is 0.322 e. The number of aromatic nitrogens is 3. The van der Waals surface area contributed by atoms with Crippen LogP contribution in [0.2, 0.25) is 0 Å². The summed E-state index contributed by atoms with van der Waals surface area (Å²) in [5.41, 5.74) is 8.18. The summed E-state index contributed by atoms with van der Waals surface area (Å²) in [6, 6.07) is 6.41. The SMILES string of the molecule is NC(Cc1ccn(C2CCCC2)n1)c1ncccc1Br. The lowest BCUT2D eigenvalue weighted by atomic mass is 10.1. The lowest BCUT2D eigenvalue weighted by molar-refractivity contribution is 0.461. The van der Waals surface area contributed by atoms with Gasteiger partial charge in [0.15, 0.2) is 0 Å². The van der Waals surface area contributed by atoms with Crippen molar-refractivity contribution in [3.05, 3.63) is 46.5 Å². The minimum Gasteiger partial charge on any atom is -0.322 e. The highest BCUT2D eigenvalue weighted by atomic mass is 79.9. The predicted octanol–water partition coefficient (Wildman–Crippen LogP) is 3.40. The van der Waals surface area contributed by atoms with Crippen LogP contribution in [-0.2, 0) is 6.42 Å². The van der Waals surface area contributed by atoms with Gasteiger partial charge in [-0.1, -0.05) is 12.8 Å². The van der Waals surface area contributed by atoms with Crippen LogP contribution in [0, 0.1) is 0 Å². The van der Waals surface area contributed by atoms with Crippen LogP contribution in [0.5, 0.6) is 0 Å². The van der Waals surface area contributed by atoms with Crippen LogP contribution in [0.1, 0.15) is 49.2 Å². The van der Waals surface area contributed by atoms with Crippen LogP contribution in [0.3, 0.4) is 0 Å². The highest BCUT2D eigenvalue weighted by molar-refractivity contribution is 9.10. The summed E-state index contributed by atoms with van der Waals surface area (Å²) in [7, 11) is 0. The molecule has 3 rings (SSSR count). The van der Waals surface area contributed by atoms with Crippen molar-refractivity contribution in [3.63, 3.8) is 0 Å². The average molecular weight is 335 g/mol. The quantitative estimate of drug-likeness (QED) is 0.932. The zero-order chi connectivity index (χ0) is 13.9. The van der Waals surface area contributed by atoms with E-state index in [1.54, 1.807) is 6.20 Å². The van der Waals surface area contributed by atoms with Crippen molar-refractivity contribution in [2.45, 2.75) is 44.2 Å². The summed E-state index contributed by atoms with van der Waals surface area (Å²) in [5.74, 6) is 0. The Balaban J connectivity index is 1.70. The maximum absolute atomic E-state index is 6.25. The molecule has 2 aromatic rings. The van der Waals surface area contributed by atoms with E-state index in [-0.39, 0.29) is 6.04 Å². The topological polar surface area (TPSA) is 56.7 Å². The molecule has 0 spiro atoms. The van der Waals surface area contributed by atoms with Gasteiger partial charge in [-0.25, -0.2) is 0 Å². The van der Waals surface area contributed by atoms with Gasteiger partial charge in [-0.05, 0) is 47.0 Å². The first kappa shape index (κ1) is 13.8. The molecule has 106 valence electrons. The van der Waals surface area contributed by atoms with Gasteiger partial charge in [0.2, 0.25) is 0 Å². The van der Waals surface area contributed by atoms with E-state index in [9.17, 15) is 0 Å². The second-order valence-electron chi connectivity index (χ2n) is 5.41.